The minimum absolute atomic E-state index is 0.167. The summed E-state index contributed by atoms with van der Waals surface area (Å²) in [5.41, 5.74) is 0. The molecule has 0 spiro atoms. The van der Waals surface area contributed by atoms with Gasteiger partial charge in [0.1, 0.15) is 5.78 Å². The molecule has 0 heterocycles. The van der Waals surface area contributed by atoms with Gasteiger partial charge in [0, 0.05) is 14.2 Å². The highest BCUT2D eigenvalue weighted by Gasteiger charge is 1.62. The third-order valence-corrected chi connectivity index (χ3v) is 0. The minimum atomic E-state index is 0.167. The molecule has 3 heteroatoms. The molecule has 0 aromatic heterocycles. The summed E-state index contributed by atoms with van der Waals surface area (Å²) in [5.74, 6) is 0.167. The second-order valence-electron chi connectivity index (χ2n) is 1.72. The van der Waals surface area contributed by atoms with Crippen LogP contribution in [0.25, 0.3) is 0 Å². The molecule has 0 fully saturated rings. The van der Waals surface area contributed by atoms with E-state index in [1.807, 2.05) is 12.5 Å². The number of ether oxygens (including phenoxy) is 1. The third-order valence-electron chi connectivity index (χ3n) is 0. The zero-order valence-electron chi connectivity index (χ0n) is 7.72. The van der Waals surface area contributed by atoms with Gasteiger partial charge < -0.3 is 9.53 Å². The molecule has 0 atom stereocenters. The lowest BCUT2D eigenvalue weighted by atomic mass is 10.6. The summed E-state index contributed by atoms with van der Waals surface area (Å²) in [4.78, 5) is 9.44. The maximum absolute atomic E-state index is 9.44. The molecular weight excluding hydrogens is 148 g/mol. The standard InChI is InChI=1S/C3H6O.C2H6O.C2H6S/c1-3(2)4;2*1-3-2/h1-2H3;2*1-2H3. The van der Waals surface area contributed by atoms with E-state index in [4.69, 9.17) is 0 Å². The Morgan fingerprint density at radius 2 is 1.20 bits per heavy atom. The number of hydrogen-bond acceptors (Lipinski definition) is 3. The van der Waals surface area contributed by atoms with Gasteiger partial charge in [-0.05, 0) is 26.4 Å². The molecule has 0 saturated carbocycles. The van der Waals surface area contributed by atoms with Gasteiger partial charge in [-0.2, -0.15) is 11.8 Å². The second kappa shape index (κ2) is 23.1. The van der Waals surface area contributed by atoms with Crippen LogP contribution in [0, 0.1) is 0 Å². The van der Waals surface area contributed by atoms with Crippen molar-refractivity contribution in [1.29, 1.82) is 0 Å². The molecule has 64 valence electrons. The van der Waals surface area contributed by atoms with Gasteiger partial charge >= 0.3 is 0 Å². The summed E-state index contributed by atoms with van der Waals surface area (Å²) in [7, 11) is 3.25. The first-order valence-corrected chi connectivity index (χ1v) is 4.47. The van der Waals surface area contributed by atoms with Crippen LogP contribution in [0.5, 0.6) is 0 Å². The van der Waals surface area contributed by atoms with Crippen LogP contribution in [0.1, 0.15) is 13.8 Å². The Bertz CT molecular complexity index is 49.6. The van der Waals surface area contributed by atoms with E-state index >= 15 is 0 Å². The van der Waals surface area contributed by atoms with Crippen molar-refractivity contribution < 1.29 is 9.53 Å². The van der Waals surface area contributed by atoms with Gasteiger partial charge in [-0.25, -0.2) is 0 Å². The van der Waals surface area contributed by atoms with Crippen LogP contribution in [0.2, 0.25) is 0 Å². The number of rotatable bonds is 0. The average molecular weight is 166 g/mol. The van der Waals surface area contributed by atoms with Crippen molar-refractivity contribution >= 4 is 17.5 Å². The van der Waals surface area contributed by atoms with E-state index in [9.17, 15) is 4.79 Å². The first kappa shape index (κ1) is 16.5. The Kier molecular flexibility index (Phi) is 38.1. The maximum Gasteiger partial charge on any atom is 0.126 e. The highest BCUT2D eigenvalue weighted by molar-refractivity contribution is 7.97. The predicted octanol–water partition coefficient (Wildman–Crippen LogP) is 1.84. The Morgan fingerprint density at radius 1 is 1.20 bits per heavy atom. The summed E-state index contributed by atoms with van der Waals surface area (Å²) >= 11 is 1.75. The van der Waals surface area contributed by atoms with Gasteiger partial charge in [0.05, 0.1) is 0 Å². The monoisotopic (exact) mass is 166 g/mol. The summed E-state index contributed by atoms with van der Waals surface area (Å²) in [6.07, 6.45) is 4.08. The highest BCUT2D eigenvalue weighted by atomic mass is 32.2. The van der Waals surface area contributed by atoms with Crippen LogP contribution < -0.4 is 0 Å². The van der Waals surface area contributed by atoms with E-state index in [-0.39, 0.29) is 5.78 Å². The molecule has 0 amide bonds. The molecular formula is C7H18O2S. The molecule has 0 aliphatic rings. The Morgan fingerprint density at radius 3 is 1.20 bits per heavy atom. The van der Waals surface area contributed by atoms with Crippen LogP contribution in [0.4, 0.5) is 0 Å². The van der Waals surface area contributed by atoms with Gasteiger partial charge in [0.25, 0.3) is 0 Å². The lowest BCUT2D eigenvalue weighted by molar-refractivity contribution is -0.114. The Balaban J connectivity index is -0.0000000750. The number of thioether (sulfide) groups is 1. The van der Waals surface area contributed by atoms with Crippen LogP contribution >= 0.6 is 11.8 Å². The molecule has 2 nitrogen and oxygen atoms in total. The van der Waals surface area contributed by atoms with E-state index in [0.717, 1.165) is 0 Å². The number of hydrogen-bond donors (Lipinski definition) is 0. The van der Waals surface area contributed by atoms with Crippen molar-refractivity contribution in [1.82, 2.24) is 0 Å². The maximum atomic E-state index is 9.44. The minimum Gasteiger partial charge on any atom is -0.388 e. The van der Waals surface area contributed by atoms with Crippen LogP contribution in [0.15, 0.2) is 0 Å². The molecule has 0 rings (SSSR count). The van der Waals surface area contributed by atoms with Crippen molar-refractivity contribution in [3.63, 3.8) is 0 Å². The number of Topliss-reactive ketones (excluding diaryl/α,β-unsaturated/α-hetero) is 1. The molecule has 0 bridgehead atoms. The summed E-state index contributed by atoms with van der Waals surface area (Å²) < 4.78 is 4.25. The van der Waals surface area contributed by atoms with Gasteiger partial charge in [-0.1, -0.05) is 0 Å². The zero-order chi connectivity index (χ0) is 8.99. The van der Waals surface area contributed by atoms with E-state index in [0.29, 0.717) is 0 Å². The van der Waals surface area contributed by atoms with E-state index in [2.05, 4.69) is 4.74 Å². The molecule has 0 aromatic carbocycles. The predicted molar refractivity (Wildman–Crippen MR) is 48.7 cm³/mol. The fraction of sp³-hybridized carbons (Fsp3) is 0.857. The summed E-state index contributed by atoms with van der Waals surface area (Å²) in [6.45, 7) is 3.06. The van der Waals surface area contributed by atoms with Crippen LogP contribution in [-0.2, 0) is 9.53 Å². The van der Waals surface area contributed by atoms with Crippen molar-refractivity contribution in [2.45, 2.75) is 13.8 Å². The van der Waals surface area contributed by atoms with Gasteiger partial charge in [0.15, 0.2) is 0 Å². The van der Waals surface area contributed by atoms with Crippen molar-refractivity contribution in [3.05, 3.63) is 0 Å². The van der Waals surface area contributed by atoms with Gasteiger partial charge in [-0.3, -0.25) is 0 Å². The second-order valence-corrected chi connectivity index (χ2v) is 2.54. The quantitative estimate of drug-likeness (QED) is 0.549. The Hall–Kier alpha value is -0.0200. The summed E-state index contributed by atoms with van der Waals surface area (Å²) in [5, 5.41) is 0. The number of carbonyl (C=O) groups is 1. The van der Waals surface area contributed by atoms with Crippen LogP contribution in [0.3, 0.4) is 0 Å². The SMILES string of the molecule is CC(C)=O.COC.CSC. The topological polar surface area (TPSA) is 26.3 Å². The fourth-order valence-corrected chi connectivity index (χ4v) is 0. The lowest BCUT2D eigenvalue weighted by Gasteiger charge is -1.61. The lowest BCUT2D eigenvalue weighted by Crippen LogP contribution is -1.69. The van der Waals surface area contributed by atoms with Crippen LogP contribution in [-0.4, -0.2) is 32.5 Å². The van der Waals surface area contributed by atoms with E-state index < -0.39 is 0 Å². The molecule has 0 aliphatic heterocycles. The molecule has 0 aliphatic carbocycles. The first-order valence-electron chi connectivity index (χ1n) is 2.84. The van der Waals surface area contributed by atoms with Crippen molar-refractivity contribution in [3.8, 4) is 0 Å². The number of carbonyl (C=O) groups excluding carboxylic acids is 1. The van der Waals surface area contributed by atoms with E-state index in [1.54, 1.807) is 26.0 Å². The molecule has 0 saturated heterocycles. The zero-order valence-corrected chi connectivity index (χ0v) is 8.54. The molecule has 10 heavy (non-hydrogen) atoms. The van der Waals surface area contributed by atoms with E-state index in [1.165, 1.54) is 13.8 Å². The number of ketones is 1. The first-order chi connectivity index (χ1) is 4.56. The molecule has 0 aromatic rings. The average Bonchev–Trinajstić information content (AvgIpc) is 1.65. The van der Waals surface area contributed by atoms with Gasteiger partial charge in [0.2, 0.25) is 0 Å². The number of methoxy groups -OCH3 is 1. The molecule has 0 N–H and O–H groups in total. The smallest absolute Gasteiger partial charge is 0.126 e. The normalized spacial score (nSPS) is 6.20. The fourth-order valence-electron chi connectivity index (χ4n) is 0. The Labute approximate surface area is 68.3 Å². The summed E-state index contributed by atoms with van der Waals surface area (Å²) in [6, 6.07) is 0. The third kappa shape index (κ3) is 972000. The van der Waals surface area contributed by atoms with Crippen molar-refractivity contribution in [2.24, 2.45) is 0 Å². The van der Waals surface area contributed by atoms with Crippen molar-refractivity contribution in [2.75, 3.05) is 26.7 Å². The van der Waals surface area contributed by atoms with Gasteiger partial charge in [-0.15, -0.1) is 0 Å². The highest BCUT2D eigenvalue weighted by Crippen LogP contribution is 1.70. The molecule has 0 radical (unpaired) electrons. The largest absolute Gasteiger partial charge is 0.388 e. The molecule has 0 unspecified atom stereocenters.